The van der Waals surface area contributed by atoms with E-state index in [-0.39, 0.29) is 11.3 Å². The third kappa shape index (κ3) is 4.37. The van der Waals surface area contributed by atoms with Gasteiger partial charge in [0, 0.05) is 49.4 Å². The Bertz CT molecular complexity index is 645. The lowest BCUT2D eigenvalue weighted by Gasteiger charge is -2.36. The van der Waals surface area contributed by atoms with Gasteiger partial charge in [0.05, 0.1) is 5.69 Å². The number of nitrogens with zero attached hydrogens (tertiary/aromatic N) is 3. The molecule has 1 aromatic rings. The second-order valence-corrected chi connectivity index (χ2v) is 8.67. The van der Waals surface area contributed by atoms with E-state index < -0.39 is 0 Å². The van der Waals surface area contributed by atoms with E-state index in [1.165, 1.54) is 23.4 Å². The number of carbonyl (C=O) groups excluding carboxylic acids is 1. The minimum atomic E-state index is -0.202. The fourth-order valence-corrected chi connectivity index (χ4v) is 4.78. The van der Waals surface area contributed by atoms with Gasteiger partial charge in [-0.25, -0.2) is 0 Å². The van der Waals surface area contributed by atoms with Gasteiger partial charge >= 0.3 is 0 Å². The number of hydrogen-bond donors (Lipinski definition) is 2. The van der Waals surface area contributed by atoms with Crippen LogP contribution in [-0.2, 0) is 24.3 Å². The summed E-state index contributed by atoms with van der Waals surface area (Å²) in [5.41, 5.74) is 4.06. The molecule has 1 aliphatic carbocycles. The third-order valence-electron chi connectivity index (χ3n) is 6.50. The van der Waals surface area contributed by atoms with Crippen LogP contribution in [0.4, 0.5) is 0 Å². The molecule has 152 valence electrons. The Morgan fingerprint density at radius 3 is 2.78 bits per heavy atom. The molecule has 1 aromatic heterocycles. The van der Waals surface area contributed by atoms with E-state index in [4.69, 9.17) is 5.10 Å². The molecular formula is C21H37N5O. The SMILES string of the molecule is CCNC(=O)C1(C)CCC(c2c(CN(C)CCNC)nn3c2CCC3)CC1. The number of likely N-dealkylation sites (N-methyl/N-ethyl adjacent to an activating group) is 2. The molecule has 0 aromatic carbocycles. The Morgan fingerprint density at radius 1 is 1.37 bits per heavy atom. The van der Waals surface area contributed by atoms with Gasteiger partial charge in [-0.2, -0.15) is 5.10 Å². The maximum atomic E-state index is 12.5. The van der Waals surface area contributed by atoms with Gasteiger partial charge in [0.15, 0.2) is 0 Å². The number of amides is 1. The summed E-state index contributed by atoms with van der Waals surface area (Å²) in [5, 5.41) is 11.3. The number of fused-ring (bicyclic) bond motifs is 1. The minimum absolute atomic E-state index is 0.202. The molecule has 0 saturated heterocycles. The van der Waals surface area contributed by atoms with Crippen LogP contribution in [0.3, 0.4) is 0 Å². The van der Waals surface area contributed by atoms with Crippen molar-refractivity contribution in [1.29, 1.82) is 0 Å². The molecule has 3 rings (SSSR count). The van der Waals surface area contributed by atoms with Crippen LogP contribution in [0.5, 0.6) is 0 Å². The van der Waals surface area contributed by atoms with Crippen molar-refractivity contribution in [3.8, 4) is 0 Å². The van der Waals surface area contributed by atoms with E-state index in [2.05, 4.69) is 34.2 Å². The fourth-order valence-electron chi connectivity index (χ4n) is 4.78. The summed E-state index contributed by atoms with van der Waals surface area (Å²) in [6.07, 6.45) is 6.52. The highest BCUT2D eigenvalue weighted by Gasteiger charge is 2.39. The third-order valence-corrected chi connectivity index (χ3v) is 6.50. The van der Waals surface area contributed by atoms with Crippen LogP contribution in [0.15, 0.2) is 0 Å². The summed E-state index contributed by atoms with van der Waals surface area (Å²) in [7, 11) is 4.18. The van der Waals surface area contributed by atoms with Gasteiger partial charge < -0.3 is 10.6 Å². The fraction of sp³-hybridized carbons (Fsp3) is 0.810. The van der Waals surface area contributed by atoms with E-state index in [9.17, 15) is 4.79 Å². The van der Waals surface area contributed by atoms with E-state index in [0.717, 1.165) is 64.8 Å². The second kappa shape index (κ2) is 8.74. The first-order valence-electron chi connectivity index (χ1n) is 10.7. The first-order chi connectivity index (χ1) is 13.0. The van der Waals surface area contributed by atoms with Crippen molar-refractivity contribution in [1.82, 2.24) is 25.3 Å². The van der Waals surface area contributed by atoms with Gasteiger partial charge in [0.25, 0.3) is 0 Å². The Balaban J connectivity index is 1.74. The lowest BCUT2D eigenvalue weighted by atomic mass is 9.69. The largest absolute Gasteiger partial charge is 0.356 e. The molecule has 6 nitrogen and oxygen atoms in total. The Morgan fingerprint density at radius 2 is 2.11 bits per heavy atom. The van der Waals surface area contributed by atoms with Crippen molar-refractivity contribution < 1.29 is 4.79 Å². The highest BCUT2D eigenvalue weighted by atomic mass is 16.2. The van der Waals surface area contributed by atoms with Crippen LogP contribution in [-0.4, -0.2) is 54.3 Å². The zero-order chi connectivity index (χ0) is 19.4. The van der Waals surface area contributed by atoms with E-state index in [1.807, 2.05) is 14.0 Å². The Hall–Kier alpha value is -1.40. The summed E-state index contributed by atoms with van der Waals surface area (Å²) < 4.78 is 2.26. The standard InChI is InChI=1S/C21H37N5O/c1-5-23-20(27)21(2)10-8-16(9-11-21)19-17(15-25(4)14-12-22-3)24-26-13-6-7-18(19)26/h16,22H,5-15H2,1-4H3,(H,23,27). The van der Waals surface area contributed by atoms with Crippen LogP contribution in [0.25, 0.3) is 0 Å². The minimum Gasteiger partial charge on any atom is -0.356 e. The van der Waals surface area contributed by atoms with Crippen molar-refractivity contribution >= 4 is 5.91 Å². The molecule has 2 heterocycles. The normalized spacial score (nSPS) is 25.0. The summed E-state index contributed by atoms with van der Waals surface area (Å²) in [4.78, 5) is 14.8. The van der Waals surface area contributed by atoms with Crippen molar-refractivity contribution in [2.45, 2.75) is 71.4 Å². The summed E-state index contributed by atoms with van der Waals surface area (Å²) in [5.74, 6) is 0.790. The summed E-state index contributed by atoms with van der Waals surface area (Å²) in [6.45, 7) is 8.86. The number of nitrogens with one attached hydrogen (secondary N) is 2. The molecule has 0 unspecified atom stereocenters. The zero-order valence-corrected chi connectivity index (χ0v) is 17.6. The van der Waals surface area contributed by atoms with E-state index in [1.54, 1.807) is 0 Å². The molecule has 27 heavy (non-hydrogen) atoms. The maximum Gasteiger partial charge on any atom is 0.225 e. The summed E-state index contributed by atoms with van der Waals surface area (Å²) in [6, 6.07) is 0. The molecule has 1 saturated carbocycles. The first kappa shape index (κ1) is 20.3. The Labute approximate surface area is 164 Å². The maximum absolute atomic E-state index is 12.5. The smallest absolute Gasteiger partial charge is 0.225 e. The average Bonchev–Trinajstić information content (AvgIpc) is 3.22. The predicted octanol–water partition coefficient (Wildman–Crippen LogP) is 2.28. The topological polar surface area (TPSA) is 62.2 Å². The zero-order valence-electron chi connectivity index (χ0n) is 17.6. The molecule has 0 radical (unpaired) electrons. The first-order valence-corrected chi connectivity index (χ1v) is 10.7. The van der Waals surface area contributed by atoms with Crippen molar-refractivity contribution in [3.05, 3.63) is 17.0 Å². The summed E-state index contributed by atoms with van der Waals surface area (Å²) >= 11 is 0. The molecule has 1 aliphatic heterocycles. The van der Waals surface area contributed by atoms with Gasteiger partial charge in [0.1, 0.15) is 0 Å². The van der Waals surface area contributed by atoms with Crippen LogP contribution >= 0.6 is 0 Å². The molecule has 0 atom stereocenters. The van der Waals surface area contributed by atoms with Crippen LogP contribution in [0.1, 0.15) is 68.8 Å². The van der Waals surface area contributed by atoms with Gasteiger partial charge in [-0.3, -0.25) is 14.4 Å². The molecule has 1 fully saturated rings. The molecule has 2 aliphatic rings. The van der Waals surface area contributed by atoms with Gasteiger partial charge in [-0.15, -0.1) is 0 Å². The highest BCUT2D eigenvalue weighted by molar-refractivity contribution is 5.82. The monoisotopic (exact) mass is 375 g/mol. The van der Waals surface area contributed by atoms with Crippen LogP contribution in [0.2, 0.25) is 0 Å². The number of rotatable bonds is 8. The predicted molar refractivity (Wildman–Crippen MR) is 109 cm³/mol. The molecule has 2 N–H and O–H groups in total. The lowest BCUT2D eigenvalue weighted by molar-refractivity contribution is -0.131. The van der Waals surface area contributed by atoms with E-state index >= 15 is 0 Å². The highest BCUT2D eigenvalue weighted by Crippen LogP contribution is 2.45. The number of aromatic nitrogens is 2. The second-order valence-electron chi connectivity index (χ2n) is 8.67. The van der Waals surface area contributed by atoms with Crippen molar-refractivity contribution in [2.75, 3.05) is 33.7 Å². The number of hydrogen-bond acceptors (Lipinski definition) is 4. The lowest BCUT2D eigenvalue weighted by Crippen LogP contribution is -2.41. The van der Waals surface area contributed by atoms with E-state index in [0.29, 0.717) is 5.92 Å². The number of carbonyl (C=O) groups is 1. The van der Waals surface area contributed by atoms with Crippen LogP contribution < -0.4 is 10.6 Å². The molecule has 6 heteroatoms. The molecule has 0 spiro atoms. The van der Waals surface area contributed by atoms with Crippen molar-refractivity contribution in [3.63, 3.8) is 0 Å². The Kier molecular flexibility index (Phi) is 6.58. The van der Waals surface area contributed by atoms with Gasteiger partial charge in [0.2, 0.25) is 5.91 Å². The van der Waals surface area contributed by atoms with Crippen molar-refractivity contribution in [2.24, 2.45) is 5.41 Å². The molecular weight excluding hydrogens is 338 g/mol. The van der Waals surface area contributed by atoms with Gasteiger partial charge in [-0.05, 0) is 65.5 Å². The number of aryl methyl sites for hydroxylation is 1. The molecule has 1 amide bonds. The quantitative estimate of drug-likeness (QED) is 0.732. The molecule has 0 bridgehead atoms. The average molecular weight is 376 g/mol. The van der Waals surface area contributed by atoms with Gasteiger partial charge in [-0.1, -0.05) is 6.92 Å². The van der Waals surface area contributed by atoms with Crippen LogP contribution in [0, 0.1) is 5.41 Å².